The molecule has 1 aromatic rings. The molecule has 0 spiro atoms. The molecule has 1 amide bonds. The predicted octanol–water partition coefficient (Wildman–Crippen LogP) is 2.66. The number of carbonyl (C=O) groups is 2. The lowest BCUT2D eigenvalue weighted by Gasteiger charge is -2.27. The molecule has 4 nitrogen and oxygen atoms in total. The van der Waals surface area contributed by atoms with Gasteiger partial charge in [0, 0.05) is 15.2 Å². The highest BCUT2D eigenvalue weighted by molar-refractivity contribution is 14.1. The summed E-state index contributed by atoms with van der Waals surface area (Å²) in [6, 6.07) is 6.97. The molecule has 1 aliphatic carbocycles. The molecule has 0 saturated heterocycles. The van der Waals surface area contributed by atoms with Gasteiger partial charge < -0.3 is 10.4 Å². The molecule has 2 rings (SSSR count). The van der Waals surface area contributed by atoms with E-state index in [0.29, 0.717) is 12.0 Å². The molecule has 19 heavy (non-hydrogen) atoms. The van der Waals surface area contributed by atoms with Crippen LogP contribution in [0, 0.1) is 8.99 Å². The highest BCUT2D eigenvalue weighted by Crippen LogP contribution is 2.38. The van der Waals surface area contributed by atoms with Crippen LogP contribution in [-0.2, 0) is 4.79 Å². The van der Waals surface area contributed by atoms with E-state index in [0.717, 1.165) is 16.4 Å². The average molecular weight is 373 g/mol. The van der Waals surface area contributed by atoms with Gasteiger partial charge in [0.1, 0.15) is 0 Å². The van der Waals surface area contributed by atoms with Crippen molar-refractivity contribution in [2.75, 3.05) is 0 Å². The topological polar surface area (TPSA) is 66.4 Å². The number of amides is 1. The van der Waals surface area contributed by atoms with Crippen molar-refractivity contribution >= 4 is 34.5 Å². The van der Waals surface area contributed by atoms with Crippen molar-refractivity contribution in [2.24, 2.45) is 5.41 Å². The number of carboxylic acid groups (broad SMARTS) is 1. The summed E-state index contributed by atoms with van der Waals surface area (Å²) in [6.45, 7) is 1.71. The Hall–Kier alpha value is -1.11. The monoisotopic (exact) mass is 373 g/mol. The standard InChI is InChI=1S/C14H16INO3/c1-14(13(18)19)7-3-6-11(14)16-12(17)9-4-2-5-10(15)8-9/h2,4-5,8,11H,3,6-7H2,1H3,(H,16,17)(H,18,19). The van der Waals surface area contributed by atoms with Gasteiger partial charge in [0.25, 0.3) is 5.91 Å². The molecule has 0 radical (unpaired) electrons. The van der Waals surface area contributed by atoms with Gasteiger partial charge in [0.15, 0.2) is 0 Å². The molecule has 1 fully saturated rings. The molecule has 2 N–H and O–H groups in total. The lowest BCUT2D eigenvalue weighted by atomic mass is 9.85. The fourth-order valence-electron chi connectivity index (χ4n) is 2.52. The van der Waals surface area contributed by atoms with Crippen LogP contribution in [0.5, 0.6) is 0 Å². The van der Waals surface area contributed by atoms with Crippen LogP contribution in [0.25, 0.3) is 0 Å². The maximum absolute atomic E-state index is 12.2. The Bertz CT molecular complexity index is 517. The van der Waals surface area contributed by atoms with Crippen molar-refractivity contribution < 1.29 is 14.7 Å². The summed E-state index contributed by atoms with van der Waals surface area (Å²) in [7, 11) is 0. The lowest BCUT2D eigenvalue weighted by molar-refractivity contribution is -0.148. The normalized spacial score (nSPS) is 26.1. The maximum atomic E-state index is 12.2. The van der Waals surface area contributed by atoms with E-state index in [1.54, 1.807) is 19.1 Å². The third-order valence-corrected chi connectivity index (χ3v) is 4.51. The van der Waals surface area contributed by atoms with Crippen LogP contribution in [0.15, 0.2) is 24.3 Å². The maximum Gasteiger partial charge on any atom is 0.311 e. The van der Waals surface area contributed by atoms with Crippen LogP contribution < -0.4 is 5.32 Å². The summed E-state index contributed by atoms with van der Waals surface area (Å²) in [5.41, 5.74) is -0.274. The molecule has 2 unspecified atom stereocenters. The van der Waals surface area contributed by atoms with Crippen LogP contribution in [0.3, 0.4) is 0 Å². The Balaban J connectivity index is 2.13. The highest BCUT2D eigenvalue weighted by atomic mass is 127. The Kier molecular flexibility index (Phi) is 4.13. The number of benzene rings is 1. The Morgan fingerprint density at radius 3 is 2.84 bits per heavy atom. The summed E-state index contributed by atoms with van der Waals surface area (Å²) >= 11 is 2.15. The first kappa shape index (κ1) is 14.3. The number of carboxylic acids is 1. The summed E-state index contributed by atoms with van der Waals surface area (Å²) in [4.78, 5) is 23.5. The number of hydrogen-bond donors (Lipinski definition) is 2. The average Bonchev–Trinajstić information content (AvgIpc) is 2.72. The summed E-state index contributed by atoms with van der Waals surface area (Å²) < 4.78 is 0.984. The van der Waals surface area contributed by atoms with Crippen molar-refractivity contribution in [3.8, 4) is 0 Å². The number of rotatable bonds is 3. The summed E-state index contributed by atoms with van der Waals surface area (Å²) in [5.74, 6) is -1.03. The van der Waals surface area contributed by atoms with E-state index in [-0.39, 0.29) is 11.9 Å². The Labute approximate surface area is 125 Å². The van der Waals surface area contributed by atoms with Gasteiger partial charge in [-0.2, -0.15) is 0 Å². The molecule has 1 aromatic carbocycles. The fourth-order valence-corrected chi connectivity index (χ4v) is 3.07. The lowest BCUT2D eigenvalue weighted by Crippen LogP contribution is -2.47. The first-order valence-corrected chi connectivity index (χ1v) is 7.31. The van der Waals surface area contributed by atoms with Crippen LogP contribution >= 0.6 is 22.6 Å². The summed E-state index contributed by atoms with van der Waals surface area (Å²) in [5, 5.41) is 12.2. The number of aliphatic carboxylic acids is 1. The van der Waals surface area contributed by atoms with E-state index >= 15 is 0 Å². The van der Waals surface area contributed by atoms with E-state index < -0.39 is 11.4 Å². The van der Waals surface area contributed by atoms with E-state index in [1.807, 2.05) is 12.1 Å². The van der Waals surface area contributed by atoms with E-state index in [2.05, 4.69) is 27.9 Å². The van der Waals surface area contributed by atoms with Crippen LogP contribution in [-0.4, -0.2) is 23.0 Å². The Morgan fingerprint density at radius 2 is 2.21 bits per heavy atom. The number of nitrogens with one attached hydrogen (secondary N) is 1. The molecule has 0 aromatic heterocycles. The van der Waals surface area contributed by atoms with Gasteiger partial charge in [0.2, 0.25) is 0 Å². The zero-order valence-corrected chi connectivity index (χ0v) is 12.8. The highest BCUT2D eigenvalue weighted by Gasteiger charge is 2.45. The SMILES string of the molecule is CC1(C(=O)O)CCCC1NC(=O)c1cccc(I)c1. The van der Waals surface area contributed by atoms with Crippen LogP contribution in [0.1, 0.15) is 36.5 Å². The minimum Gasteiger partial charge on any atom is -0.481 e. The van der Waals surface area contributed by atoms with Crippen molar-refractivity contribution in [1.82, 2.24) is 5.32 Å². The van der Waals surface area contributed by atoms with Gasteiger partial charge in [-0.25, -0.2) is 0 Å². The number of carbonyl (C=O) groups excluding carboxylic acids is 1. The minimum absolute atomic E-state index is 0.196. The zero-order chi connectivity index (χ0) is 14.0. The third-order valence-electron chi connectivity index (χ3n) is 3.84. The van der Waals surface area contributed by atoms with Crippen molar-refractivity contribution in [1.29, 1.82) is 0 Å². The fraction of sp³-hybridized carbons (Fsp3) is 0.429. The smallest absolute Gasteiger partial charge is 0.311 e. The molecule has 5 heteroatoms. The Morgan fingerprint density at radius 1 is 1.47 bits per heavy atom. The van der Waals surface area contributed by atoms with Gasteiger partial charge in [-0.15, -0.1) is 0 Å². The largest absolute Gasteiger partial charge is 0.481 e. The first-order chi connectivity index (χ1) is 8.93. The molecule has 0 bridgehead atoms. The second-order valence-electron chi connectivity index (χ2n) is 5.15. The minimum atomic E-state index is -0.850. The second-order valence-corrected chi connectivity index (χ2v) is 6.40. The van der Waals surface area contributed by atoms with Gasteiger partial charge in [0.05, 0.1) is 5.41 Å². The molecule has 2 atom stereocenters. The van der Waals surface area contributed by atoms with E-state index in [9.17, 15) is 14.7 Å². The first-order valence-electron chi connectivity index (χ1n) is 6.23. The van der Waals surface area contributed by atoms with Crippen LogP contribution in [0.2, 0.25) is 0 Å². The molecule has 0 aliphatic heterocycles. The van der Waals surface area contributed by atoms with E-state index in [1.165, 1.54) is 0 Å². The zero-order valence-electron chi connectivity index (χ0n) is 10.6. The second kappa shape index (κ2) is 5.48. The quantitative estimate of drug-likeness (QED) is 0.801. The molecular weight excluding hydrogens is 357 g/mol. The predicted molar refractivity (Wildman–Crippen MR) is 80.0 cm³/mol. The van der Waals surface area contributed by atoms with E-state index in [4.69, 9.17) is 0 Å². The van der Waals surface area contributed by atoms with Gasteiger partial charge in [-0.05, 0) is 60.6 Å². The number of halogens is 1. The third kappa shape index (κ3) is 2.91. The van der Waals surface area contributed by atoms with Gasteiger partial charge in [-0.1, -0.05) is 12.5 Å². The number of hydrogen-bond acceptors (Lipinski definition) is 2. The molecular formula is C14H16INO3. The van der Waals surface area contributed by atoms with Crippen molar-refractivity contribution in [3.63, 3.8) is 0 Å². The van der Waals surface area contributed by atoms with Crippen molar-refractivity contribution in [3.05, 3.63) is 33.4 Å². The molecule has 1 saturated carbocycles. The summed E-state index contributed by atoms with van der Waals surface area (Å²) in [6.07, 6.45) is 2.16. The van der Waals surface area contributed by atoms with Crippen LogP contribution in [0.4, 0.5) is 0 Å². The molecule has 0 heterocycles. The van der Waals surface area contributed by atoms with Crippen molar-refractivity contribution in [2.45, 2.75) is 32.2 Å². The van der Waals surface area contributed by atoms with Gasteiger partial charge in [-0.3, -0.25) is 9.59 Å². The molecule has 102 valence electrons. The van der Waals surface area contributed by atoms with Gasteiger partial charge >= 0.3 is 5.97 Å². The molecule has 1 aliphatic rings.